The smallest absolute Gasteiger partial charge is 0.0630 e. The number of hydrogen-bond acceptors (Lipinski definition) is 4. The fourth-order valence-corrected chi connectivity index (χ4v) is 5.53. The molecule has 3 fully saturated rings. The molecule has 0 radical (unpaired) electrons. The average molecular weight is 366 g/mol. The van der Waals surface area contributed by atoms with Crippen LogP contribution in [0.5, 0.6) is 0 Å². The summed E-state index contributed by atoms with van der Waals surface area (Å²) in [7, 11) is 1.87. The molecule has 0 aromatic carbocycles. The van der Waals surface area contributed by atoms with Crippen molar-refractivity contribution in [2.45, 2.75) is 71.5 Å². The van der Waals surface area contributed by atoms with Gasteiger partial charge in [-0.25, -0.2) is 0 Å². The number of piperazine rings is 1. The van der Waals surface area contributed by atoms with E-state index >= 15 is 0 Å². The Labute approximate surface area is 162 Å². The number of ether oxygens (including phenoxy) is 1. The summed E-state index contributed by atoms with van der Waals surface area (Å²) in [5, 5.41) is 0. The first-order valence-corrected chi connectivity index (χ1v) is 11.2. The summed E-state index contributed by atoms with van der Waals surface area (Å²) in [6.45, 7) is 17.9. The van der Waals surface area contributed by atoms with Crippen LogP contribution in [0.1, 0.15) is 53.4 Å². The Morgan fingerprint density at radius 3 is 2.19 bits per heavy atom. The van der Waals surface area contributed by atoms with E-state index in [-0.39, 0.29) is 0 Å². The van der Waals surface area contributed by atoms with Crippen molar-refractivity contribution < 1.29 is 4.74 Å². The lowest BCUT2D eigenvalue weighted by Gasteiger charge is -2.49. The van der Waals surface area contributed by atoms with Crippen LogP contribution in [0.25, 0.3) is 0 Å². The molecule has 0 bridgehead atoms. The summed E-state index contributed by atoms with van der Waals surface area (Å²) in [5.74, 6) is 2.69. The second-order valence-electron chi connectivity index (χ2n) is 9.83. The molecular formula is C22H43N3O. The molecule has 0 aromatic rings. The van der Waals surface area contributed by atoms with Gasteiger partial charge >= 0.3 is 0 Å². The van der Waals surface area contributed by atoms with Crippen molar-refractivity contribution in [2.75, 3.05) is 53.0 Å². The second-order valence-corrected chi connectivity index (χ2v) is 9.83. The Morgan fingerprint density at radius 2 is 1.62 bits per heavy atom. The van der Waals surface area contributed by atoms with E-state index in [2.05, 4.69) is 42.4 Å². The van der Waals surface area contributed by atoms with Gasteiger partial charge in [0.15, 0.2) is 0 Å². The molecule has 3 rings (SSSR count). The summed E-state index contributed by atoms with van der Waals surface area (Å²) >= 11 is 0. The molecule has 0 amide bonds. The highest BCUT2D eigenvalue weighted by Crippen LogP contribution is 2.34. The van der Waals surface area contributed by atoms with Crippen LogP contribution >= 0.6 is 0 Å². The zero-order valence-electron chi connectivity index (χ0n) is 18.0. The fourth-order valence-electron chi connectivity index (χ4n) is 5.53. The third-order valence-electron chi connectivity index (χ3n) is 7.36. The zero-order chi connectivity index (χ0) is 18.7. The van der Waals surface area contributed by atoms with E-state index in [0.29, 0.717) is 12.1 Å². The number of nitrogens with zero attached hydrogens (tertiary/aromatic N) is 3. The van der Waals surface area contributed by atoms with Crippen molar-refractivity contribution in [3.05, 3.63) is 0 Å². The van der Waals surface area contributed by atoms with Gasteiger partial charge in [-0.1, -0.05) is 13.8 Å². The van der Waals surface area contributed by atoms with Gasteiger partial charge < -0.3 is 14.5 Å². The van der Waals surface area contributed by atoms with E-state index in [1.807, 2.05) is 7.11 Å². The summed E-state index contributed by atoms with van der Waals surface area (Å²) < 4.78 is 5.63. The molecule has 4 nitrogen and oxygen atoms in total. The van der Waals surface area contributed by atoms with Gasteiger partial charge in [-0.15, -0.1) is 0 Å². The standard InChI is InChI=1S/C22H43N3O/c1-17(2)20-6-8-21(9-7-20)25-11-10-23(15-22(25)16-26-5)12-19-13-24(14-19)18(3)4/h17-22H,6-16H2,1-5H3/t20?,21?,22-/m1/s1. The molecule has 1 saturated carbocycles. The first-order valence-electron chi connectivity index (χ1n) is 11.2. The van der Waals surface area contributed by atoms with Crippen LogP contribution in [0, 0.1) is 17.8 Å². The Balaban J connectivity index is 1.47. The summed E-state index contributed by atoms with van der Waals surface area (Å²) in [4.78, 5) is 8.14. The van der Waals surface area contributed by atoms with Crippen LogP contribution in [0.3, 0.4) is 0 Å². The van der Waals surface area contributed by atoms with Gasteiger partial charge in [0, 0.05) is 64.5 Å². The van der Waals surface area contributed by atoms with Crippen molar-refractivity contribution >= 4 is 0 Å². The lowest BCUT2D eigenvalue weighted by molar-refractivity contribution is -0.0308. The van der Waals surface area contributed by atoms with Gasteiger partial charge in [0.1, 0.15) is 0 Å². The van der Waals surface area contributed by atoms with Crippen LogP contribution < -0.4 is 0 Å². The molecule has 3 aliphatic rings. The predicted molar refractivity (Wildman–Crippen MR) is 110 cm³/mol. The molecule has 4 heteroatoms. The molecule has 0 N–H and O–H groups in total. The maximum atomic E-state index is 5.63. The quantitative estimate of drug-likeness (QED) is 0.690. The molecule has 2 saturated heterocycles. The Bertz CT molecular complexity index is 414. The fraction of sp³-hybridized carbons (Fsp3) is 1.00. The zero-order valence-corrected chi connectivity index (χ0v) is 18.0. The predicted octanol–water partition coefficient (Wildman–Crippen LogP) is 3.17. The van der Waals surface area contributed by atoms with Crippen molar-refractivity contribution in [1.82, 2.24) is 14.7 Å². The molecule has 0 spiro atoms. The molecule has 0 aromatic heterocycles. The lowest BCUT2D eigenvalue weighted by Crippen LogP contribution is -2.61. The lowest BCUT2D eigenvalue weighted by atomic mass is 9.79. The van der Waals surface area contributed by atoms with Gasteiger partial charge in [0.05, 0.1) is 6.61 Å². The SMILES string of the molecule is COC[C@H]1CN(CC2CN(C(C)C)C2)CCN1C1CCC(C(C)C)CC1. The third kappa shape index (κ3) is 5.01. The second kappa shape index (κ2) is 9.36. The first-order chi connectivity index (χ1) is 12.5. The van der Waals surface area contributed by atoms with Crippen LogP contribution in [-0.2, 0) is 4.74 Å². The minimum Gasteiger partial charge on any atom is -0.383 e. The van der Waals surface area contributed by atoms with Gasteiger partial charge in [0.25, 0.3) is 0 Å². The van der Waals surface area contributed by atoms with Crippen molar-refractivity contribution in [1.29, 1.82) is 0 Å². The molecule has 1 aliphatic carbocycles. The maximum absolute atomic E-state index is 5.63. The molecular weight excluding hydrogens is 322 g/mol. The molecule has 26 heavy (non-hydrogen) atoms. The van der Waals surface area contributed by atoms with E-state index in [1.165, 1.54) is 65.0 Å². The van der Waals surface area contributed by atoms with Gasteiger partial charge in [0.2, 0.25) is 0 Å². The highest BCUT2D eigenvalue weighted by atomic mass is 16.5. The number of likely N-dealkylation sites (tertiary alicyclic amines) is 1. The van der Waals surface area contributed by atoms with E-state index in [1.54, 1.807) is 0 Å². The monoisotopic (exact) mass is 365 g/mol. The Kier molecular flexibility index (Phi) is 7.40. The molecule has 1 atom stereocenters. The third-order valence-corrected chi connectivity index (χ3v) is 7.36. The largest absolute Gasteiger partial charge is 0.383 e. The molecule has 2 heterocycles. The van der Waals surface area contributed by atoms with E-state index in [4.69, 9.17) is 4.74 Å². The Morgan fingerprint density at radius 1 is 0.923 bits per heavy atom. The van der Waals surface area contributed by atoms with Crippen LogP contribution in [0.15, 0.2) is 0 Å². The minimum atomic E-state index is 0.593. The van der Waals surface area contributed by atoms with Gasteiger partial charge in [-0.3, -0.25) is 4.90 Å². The maximum Gasteiger partial charge on any atom is 0.0630 e. The average Bonchev–Trinajstić information content (AvgIpc) is 2.58. The van der Waals surface area contributed by atoms with E-state index in [9.17, 15) is 0 Å². The topological polar surface area (TPSA) is 19.0 Å². The highest BCUT2D eigenvalue weighted by Gasteiger charge is 2.36. The van der Waals surface area contributed by atoms with E-state index < -0.39 is 0 Å². The normalized spacial score (nSPS) is 33.1. The number of hydrogen-bond donors (Lipinski definition) is 0. The summed E-state index contributed by atoms with van der Waals surface area (Å²) in [6.07, 6.45) is 5.65. The molecule has 152 valence electrons. The highest BCUT2D eigenvalue weighted by molar-refractivity contribution is 4.92. The van der Waals surface area contributed by atoms with Crippen LogP contribution in [-0.4, -0.2) is 85.8 Å². The Hall–Kier alpha value is -0.160. The van der Waals surface area contributed by atoms with Crippen molar-refractivity contribution in [3.63, 3.8) is 0 Å². The van der Waals surface area contributed by atoms with Crippen LogP contribution in [0.2, 0.25) is 0 Å². The molecule has 2 aliphatic heterocycles. The van der Waals surface area contributed by atoms with Gasteiger partial charge in [-0.05, 0) is 57.3 Å². The minimum absolute atomic E-state index is 0.593. The van der Waals surface area contributed by atoms with Crippen LogP contribution in [0.4, 0.5) is 0 Å². The number of rotatable bonds is 7. The van der Waals surface area contributed by atoms with Crippen molar-refractivity contribution in [2.24, 2.45) is 17.8 Å². The van der Waals surface area contributed by atoms with Gasteiger partial charge in [-0.2, -0.15) is 0 Å². The summed E-state index contributed by atoms with van der Waals surface area (Å²) in [6, 6.07) is 2.10. The number of methoxy groups -OCH3 is 1. The first kappa shape index (κ1) is 20.6. The summed E-state index contributed by atoms with van der Waals surface area (Å²) in [5.41, 5.74) is 0. The molecule has 0 unspecified atom stereocenters. The van der Waals surface area contributed by atoms with E-state index in [0.717, 1.165) is 30.4 Å². The van der Waals surface area contributed by atoms with Crippen molar-refractivity contribution in [3.8, 4) is 0 Å².